The van der Waals surface area contributed by atoms with Crippen molar-refractivity contribution in [1.29, 1.82) is 0 Å². The van der Waals surface area contributed by atoms with Crippen molar-refractivity contribution in [3.8, 4) is 5.75 Å². The topological polar surface area (TPSA) is 38.3 Å². The van der Waals surface area contributed by atoms with Crippen LogP contribution in [0.25, 0.3) is 0 Å². The molecule has 0 aliphatic rings. The summed E-state index contributed by atoms with van der Waals surface area (Å²) in [7, 11) is 1.65. The highest BCUT2D eigenvalue weighted by Gasteiger charge is 2.16. The molecule has 0 aliphatic carbocycles. The predicted octanol–water partition coefficient (Wildman–Crippen LogP) is 4.31. The van der Waals surface area contributed by atoms with E-state index in [9.17, 15) is 4.79 Å². The molecular formula is C20H25NO2S. The second-order valence-electron chi connectivity index (χ2n) is 5.87. The van der Waals surface area contributed by atoms with Crippen LogP contribution in [0.15, 0.2) is 59.5 Å². The van der Waals surface area contributed by atoms with Gasteiger partial charge in [0.05, 0.1) is 12.4 Å². The molecule has 4 heteroatoms. The number of carbonyl (C=O) groups is 1. The van der Waals surface area contributed by atoms with Gasteiger partial charge in [0.25, 0.3) is 0 Å². The second-order valence-corrected chi connectivity index (χ2v) is 7.28. The summed E-state index contributed by atoms with van der Waals surface area (Å²) in [4.78, 5) is 13.4. The van der Waals surface area contributed by atoms with Gasteiger partial charge < -0.3 is 10.1 Å². The maximum atomic E-state index is 12.3. The molecule has 0 aromatic heterocycles. The zero-order valence-electron chi connectivity index (χ0n) is 14.5. The Labute approximate surface area is 148 Å². The number of hydrogen-bond donors (Lipinski definition) is 1. The molecule has 0 saturated carbocycles. The quantitative estimate of drug-likeness (QED) is 0.726. The van der Waals surface area contributed by atoms with Gasteiger partial charge in [0.15, 0.2) is 0 Å². The molecule has 24 heavy (non-hydrogen) atoms. The lowest BCUT2D eigenvalue weighted by molar-refractivity contribution is -0.120. The fourth-order valence-corrected chi connectivity index (χ4v) is 3.25. The Bertz CT molecular complexity index is 628. The monoisotopic (exact) mass is 343 g/mol. The highest BCUT2D eigenvalue weighted by molar-refractivity contribution is 8.00. The lowest BCUT2D eigenvalue weighted by atomic mass is 10.1. The Morgan fingerprint density at radius 1 is 1.08 bits per heavy atom. The first-order chi connectivity index (χ1) is 11.6. The first kappa shape index (κ1) is 18.4. The molecule has 0 spiro atoms. The fourth-order valence-electron chi connectivity index (χ4n) is 2.37. The molecule has 2 aromatic rings. The van der Waals surface area contributed by atoms with Crippen LogP contribution in [-0.2, 0) is 11.2 Å². The SMILES string of the molecule is COc1ccc(SC(C)C(=O)NC(C)CCc2ccccc2)cc1. The van der Waals surface area contributed by atoms with E-state index in [0.29, 0.717) is 0 Å². The first-order valence-corrected chi connectivity index (χ1v) is 9.11. The minimum absolute atomic E-state index is 0.0800. The molecule has 1 N–H and O–H groups in total. The molecule has 3 nitrogen and oxygen atoms in total. The number of methoxy groups -OCH3 is 1. The molecule has 2 rings (SSSR count). The van der Waals surface area contributed by atoms with Gasteiger partial charge in [-0.2, -0.15) is 0 Å². The molecule has 128 valence electrons. The smallest absolute Gasteiger partial charge is 0.233 e. The molecule has 1 amide bonds. The number of amides is 1. The van der Waals surface area contributed by atoms with Crippen molar-refractivity contribution >= 4 is 17.7 Å². The second kappa shape index (κ2) is 9.38. The summed E-state index contributed by atoms with van der Waals surface area (Å²) in [6, 6.07) is 18.3. The zero-order chi connectivity index (χ0) is 17.4. The van der Waals surface area contributed by atoms with Crippen molar-refractivity contribution in [2.45, 2.75) is 42.9 Å². The number of carbonyl (C=O) groups excluding carboxylic acids is 1. The minimum atomic E-state index is -0.127. The van der Waals surface area contributed by atoms with Crippen LogP contribution >= 0.6 is 11.8 Å². The van der Waals surface area contributed by atoms with Crippen LogP contribution in [0.3, 0.4) is 0 Å². The summed E-state index contributed by atoms with van der Waals surface area (Å²) < 4.78 is 5.15. The summed E-state index contributed by atoms with van der Waals surface area (Å²) in [5.41, 5.74) is 1.30. The Hall–Kier alpha value is -1.94. The van der Waals surface area contributed by atoms with Gasteiger partial charge in [0, 0.05) is 10.9 Å². The van der Waals surface area contributed by atoms with Crippen LogP contribution in [0.5, 0.6) is 5.75 Å². The number of aryl methyl sites for hydroxylation is 1. The fraction of sp³-hybridized carbons (Fsp3) is 0.350. The summed E-state index contributed by atoms with van der Waals surface area (Å²) in [5, 5.41) is 2.98. The maximum Gasteiger partial charge on any atom is 0.233 e. The van der Waals surface area contributed by atoms with E-state index < -0.39 is 0 Å². The van der Waals surface area contributed by atoms with Gasteiger partial charge in [-0.15, -0.1) is 11.8 Å². The summed E-state index contributed by atoms with van der Waals surface area (Å²) in [6.07, 6.45) is 1.91. The van der Waals surface area contributed by atoms with Crippen LogP contribution in [0, 0.1) is 0 Å². The Morgan fingerprint density at radius 2 is 1.75 bits per heavy atom. The van der Waals surface area contributed by atoms with Crippen LogP contribution in [0.1, 0.15) is 25.8 Å². The van der Waals surface area contributed by atoms with Gasteiger partial charge in [0.1, 0.15) is 5.75 Å². The molecule has 0 heterocycles. The predicted molar refractivity (Wildman–Crippen MR) is 101 cm³/mol. The van der Waals surface area contributed by atoms with Crippen molar-refractivity contribution in [1.82, 2.24) is 5.32 Å². The largest absolute Gasteiger partial charge is 0.497 e. The normalized spacial score (nSPS) is 13.1. The van der Waals surface area contributed by atoms with Gasteiger partial charge in [-0.1, -0.05) is 30.3 Å². The molecule has 0 fully saturated rings. The average molecular weight is 343 g/mol. The van der Waals surface area contributed by atoms with Crippen LogP contribution in [-0.4, -0.2) is 24.3 Å². The molecule has 0 aliphatic heterocycles. The molecule has 0 bridgehead atoms. The van der Waals surface area contributed by atoms with E-state index in [1.807, 2.05) is 49.4 Å². The number of ether oxygens (including phenoxy) is 1. The Kier molecular flexibility index (Phi) is 7.19. The number of benzene rings is 2. The Balaban J connectivity index is 1.77. The Morgan fingerprint density at radius 3 is 2.38 bits per heavy atom. The number of rotatable bonds is 8. The molecule has 2 aromatic carbocycles. The third-order valence-electron chi connectivity index (χ3n) is 3.84. The van der Waals surface area contributed by atoms with Gasteiger partial charge in [0.2, 0.25) is 5.91 Å². The van der Waals surface area contributed by atoms with Crippen molar-refractivity contribution in [2.75, 3.05) is 7.11 Å². The highest BCUT2D eigenvalue weighted by atomic mass is 32.2. The lowest BCUT2D eigenvalue weighted by Crippen LogP contribution is -2.37. The van der Waals surface area contributed by atoms with E-state index in [1.165, 1.54) is 5.56 Å². The van der Waals surface area contributed by atoms with E-state index in [2.05, 4.69) is 24.4 Å². The first-order valence-electron chi connectivity index (χ1n) is 8.23. The van der Waals surface area contributed by atoms with Crippen molar-refractivity contribution in [2.24, 2.45) is 0 Å². The molecule has 2 atom stereocenters. The average Bonchev–Trinajstić information content (AvgIpc) is 2.61. The molecule has 0 radical (unpaired) electrons. The van der Waals surface area contributed by atoms with Gasteiger partial charge in [-0.05, 0) is 56.5 Å². The van der Waals surface area contributed by atoms with E-state index in [0.717, 1.165) is 23.5 Å². The standard InChI is InChI=1S/C20H25NO2S/c1-15(9-10-17-7-5-4-6-8-17)21-20(22)16(2)24-19-13-11-18(23-3)12-14-19/h4-8,11-16H,9-10H2,1-3H3,(H,21,22). The maximum absolute atomic E-state index is 12.3. The molecule has 0 saturated heterocycles. The summed E-state index contributed by atoms with van der Waals surface area (Å²) in [6.45, 7) is 4.00. The highest BCUT2D eigenvalue weighted by Crippen LogP contribution is 2.25. The van der Waals surface area contributed by atoms with E-state index in [1.54, 1.807) is 18.9 Å². The van der Waals surface area contributed by atoms with Gasteiger partial charge in [-0.3, -0.25) is 4.79 Å². The lowest BCUT2D eigenvalue weighted by Gasteiger charge is -2.17. The van der Waals surface area contributed by atoms with Crippen molar-refractivity contribution in [3.63, 3.8) is 0 Å². The van der Waals surface area contributed by atoms with Gasteiger partial charge >= 0.3 is 0 Å². The number of thioether (sulfide) groups is 1. The minimum Gasteiger partial charge on any atom is -0.497 e. The number of nitrogens with one attached hydrogen (secondary N) is 1. The number of hydrogen-bond acceptors (Lipinski definition) is 3. The zero-order valence-corrected chi connectivity index (χ0v) is 15.3. The third kappa shape index (κ3) is 5.93. The molecular weight excluding hydrogens is 318 g/mol. The summed E-state index contributed by atoms with van der Waals surface area (Å²) >= 11 is 1.56. The molecule has 2 unspecified atom stereocenters. The van der Waals surface area contributed by atoms with E-state index >= 15 is 0 Å². The van der Waals surface area contributed by atoms with E-state index in [-0.39, 0.29) is 17.2 Å². The van der Waals surface area contributed by atoms with Crippen molar-refractivity contribution in [3.05, 3.63) is 60.2 Å². The van der Waals surface area contributed by atoms with Crippen LogP contribution < -0.4 is 10.1 Å². The van der Waals surface area contributed by atoms with Crippen molar-refractivity contribution < 1.29 is 9.53 Å². The summed E-state index contributed by atoms with van der Waals surface area (Å²) in [5.74, 6) is 0.905. The third-order valence-corrected chi connectivity index (χ3v) is 4.95. The van der Waals surface area contributed by atoms with Crippen LogP contribution in [0.4, 0.5) is 0 Å². The van der Waals surface area contributed by atoms with Gasteiger partial charge in [-0.25, -0.2) is 0 Å². The van der Waals surface area contributed by atoms with E-state index in [4.69, 9.17) is 4.74 Å². The van der Waals surface area contributed by atoms with Crippen LogP contribution in [0.2, 0.25) is 0 Å².